The number of Topliss-reactive ketones (excluding diaryl/α,β-unsaturated/α-hetero) is 1. The molecular weight excluding hydrogens is 208 g/mol. The molecule has 0 aliphatic carbocycles. The third kappa shape index (κ3) is 2.13. The fourth-order valence-corrected chi connectivity index (χ4v) is 3.12. The van der Waals surface area contributed by atoms with Gasteiger partial charge in [-0.15, -0.1) is 11.3 Å². The SMILES string of the molecule is Cc1cc(C)c(C(=O)C2COC(C)C2)s1. The second-order valence-corrected chi connectivity index (χ2v) is 5.57. The van der Waals surface area contributed by atoms with Crippen LogP contribution in [0.5, 0.6) is 0 Å². The highest BCUT2D eigenvalue weighted by molar-refractivity contribution is 7.14. The molecule has 0 amide bonds. The quantitative estimate of drug-likeness (QED) is 0.722. The maximum absolute atomic E-state index is 12.2. The summed E-state index contributed by atoms with van der Waals surface area (Å²) in [5.41, 5.74) is 1.11. The Labute approximate surface area is 94.3 Å². The van der Waals surface area contributed by atoms with Crippen molar-refractivity contribution in [1.29, 1.82) is 0 Å². The largest absolute Gasteiger partial charge is 0.378 e. The summed E-state index contributed by atoms with van der Waals surface area (Å²) in [6.45, 7) is 6.67. The highest BCUT2D eigenvalue weighted by Gasteiger charge is 2.30. The van der Waals surface area contributed by atoms with Gasteiger partial charge >= 0.3 is 0 Å². The number of carbonyl (C=O) groups excluding carboxylic acids is 1. The lowest BCUT2D eigenvalue weighted by Crippen LogP contribution is -2.14. The van der Waals surface area contributed by atoms with E-state index in [1.807, 2.05) is 20.8 Å². The maximum Gasteiger partial charge on any atom is 0.178 e. The van der Waals surface area contributed by atoms with Gasteiger partial charge in [0, 0.05) is 10.8 Å². The number of hydrogen-bond donors (Lipinski definition) is 0. The minimum Gasteiger partial charge on any atom is -0.378 e. The normalized spacial score (nSPS) is 25.8. The first-order valence-electron chi connectivity index (χ1n) is 5.30. The number of rotatable bonds is 2. The molecule has 3 heteroatoms. The van der Waals surface area contributed by atoms with Crippen molar-refractivity contribution < 1.29 is 9.53 Å². The van der Waals surface area contributed by atoms with Gasteiger partial charge in [0.25, 0.3) is 0 Å². The second-order valence-electron chi connectivity index (χ2n) is 4.31. The summed E-state index contributed by atoms with van der Waals surface area (Å²) in [7, 11) is 0. The molecule has 0 N–H and O–H groups in total. The first kappa shape index (κ1) is 10.8. The standard InChI is InChI=1S/C12H16O2S/c1-7-4-9(3)15-12(7)11(13)10-5-8(2)14-6-10/h4,8,10H,5-6H2,1-3H3. The molecule has 2 heterocycles. The van der Waals surface area contributed by atoms with Crippen LogP contribution in [0.15, 0.2) is 6.07 Å². The van der Waals surface area contributed by atoms with Crippen molar-refractivity contribution in [1.82, 2.24) is 0 Å². The third-order valence-electron chi connectivity index (χ3n) is 2.83. The minimum absolute atomic E-state index is 0.0803. The molecule has 2 atom stereocenters. The molecule has 0 saturated carbocycles. The van der Waals surface area contributed by atoms with E-state index in [4.69, 9.17) is 4.74 Å². The Morgan fingerprint density at radius 2 is 2.27 bits per heavy atom. The van der Waals surface area contributed by atoms with Crippen LogP contribution in [0.3, 0.4) is 0 Å². The van der Waals surface area contributed by atoms with Crippen molar-refractivity contribution >= 4 is 17.1 Å². The van der Waals surface area contributed by atoms with Gasteiger partial charge < -0.3 is 4.74 Å². The molecule has 1 fully saturated rings. The molecule has 0 aromatic carbocycles. The van der Waals surface area contributed by atoms with Crippen molar-refractivity contribution in [2.24, 2.45) is 5.92 Å². The first-order valence-corrected chi connectivity index (χ1v) is 6.12. The van der Waals surface area contributed by atoms with E-state index in [-0.39, 0.29) is 17.8 Å². The molecule has 1 saturated heterocycles. The van der Waals surface area contributed by atoms with Gasteiger partial charge in [-0.25, -0.2) is 0 Å². The summed E-state index contributed by atoms with van der Waals surface area (Å²) in [5.74, 6) is 0.353. The molecule has 2 nitrogen and oxygen atoms in total. The van der Waals surface area contributed by atoms with Gasteiger partial charge in [-0.1, -0.05) is 0 Å². The Bertz CT molecular complexity index is 381. The van der Waals surface area contributed by atoms with Gasteiger partial charge in [-0.2, -0.15) is 0 Å². The molecule has 0 radical (unpaired) electrons. The fourth-order valence-electron chi connectivity index (χ4n) is 2.07. The zero-order valence-corrected chi connectivity index (χ0v) is 10.2. The molecule has 2 rings (SSSR count). The Balaban J connectivity index is 2.17. The lowest BCUT2D eigenvalue weighted by Gasteiger charge is -2.05. The smallest absolute Gasteiger partial charge is 0.178 e. The number of ketones is 1. The zero-order valence-electron chi connectivity index (χ0n) is 9.37. The topological polar surface area (TPSA) is 26.3 Å². The van der Waals surface area contributed by atoms with Crippen LogP contribution in [-0.4, -0.2) is 18.5 Å². The third-order valence-corrected chi connectivity index (χ3v) is 4.00. The predicted octanol–water partition coefficient (Wildman–Crippen LogP) is 2.97. The van der Waals surface area contributed by atoms with E-state index in [2.05, 4.69) is 6.07 Å². The minimum atomic E-state index is 0.0803. The Morgan fingerprint density at radius 3 is 2.73 bits per heavy atom. The van der Waals surface area contributed by atoms with Crippen LogP contribution in [0.4, 0.5) is 0 Å². The number of hydrogen-bond acceptors (Lipinski definition) is 3. The van der Waals surface area contributed by atoms with Crippen LogP contribution in [-0.2, 0) is 4.74 Å². The van der Waals surface area contributed by atoms with Crippen molar-refractivity contribution in [2.75, 3.05) is 6.61 Å². The van der Waals surface area contributed by atoms with Gasteiger partial charge in [0.1, 0.15) is 0 Å². The van der Waals surface area contributed by atoms with E-state index < -0.39 is 0 Å². The molecule has 0 spiro atoms. The van der Waals surface area contributed by atoms with Gasteiger partial charge in [0.15, 0.2) is 5.78 Å². The van der Waals surface area contributed by atoms with E-state index in [1.54, 1.807) is 11.3 Å². The lowest BCUT2D eigenvalue weighted by molar-refractivity contribution is 0.0881. The molecular formula is C12H16O2S. The summed E-state index contributed by atoms with van der Waals surface area (Å²) >= 11 is 1.61. The molecule has 82 valence electrons. The predicted molar refractivity (Wildman–Crippen MR) is 61.6 cm³/mol. The molecule has 1 aromatic rings. The molecule has 0 bridgehead atoms. The Kier molecular flexibility index (Phi) is 2.94. The number of ether oxygens (including phenoxy) is 1. The Morgan fingerprint density at radius 1 is 1.53 bits per heavy atom. The summed E-state index contributed by atoms with van der Waals surface area (Å²) in [5, 5.41) is 0. The fraction of sp³-hybridized carbons (Fsp3) is 0.583. The van der Waals surface area contributed by atoms with Crippen LogP contribution in [0.2, 0.25) is 0 Å². The molecule has 2 unspecified atom stereocenters. The maximum atomic E-state index is 12.2. The number of carbonyl (C=O) groups is 1. The van der Waals surface area contributed by atoms with E-state index in [0.717, 1.165) is 16.9 Å². The molecule has 1 aliphatic heterocycles. The van der Waals surface area contributed by atoms with Crippen LogP contribution < -0.4 is 0 Å². The number of aryl methyl sites for hydroxylation is 2. The zero-order chi connectivity index (χ0) is 11.0. The monoisotopic (exact) mass is 224 g/mol. The van der Waals surface area contributed by atoms with E-state index >= 15 is 0 Å². The Hall–Kier alpha value is -0.670. The van der Waals surface area contributed by atoms with Crippen molar-refractivity contribution in [3.63, 3.8) is 0 Å². The first-order chi connectivity index (χ1) is 7.08. The van der Waals surface area contributed by atoms with Gasteiger partial charge in [-0.05, 0) is 38.8 Å². The second kappa shape index (κ2) is 4.06. The summed E-state index contributed by atoms with van der Waals surface area (Å²) in [6, 6.07) is 2.08. The van der Waals surface area contributed by atoms with Crippen molar-refractivity contribution in [2.45, 2.75) is 33.3 Å². The average molecular weight is 224 g/mol. The highest BCUT2D eigenvalue weighted by atomic mass is 32.1. The van der Waals surface area contributed by atoms with Gasteiger partial charge in [0.05, 0.1) is 17.6 Å². The lowest BCUT2D eigenvalue weighted by atomic mass is 9.98. The summed E-state index contributed by atoms with van der Waals surface area (Å²) in [4.78, 5) is 14.3. The van der Waals surface area contributed by atoms with Crippen LogP contribution >= 0.6 is 11.3 Å². The molecule has 15 heavy (non-hydrogen) atoms. The summed E-state index contributed by atoms with van der Waals surface area (Å²) in [6.07, 6.45) is 1.11. The average Bonchev–Trinajstić information content (AvgIpc) is 2.71. The molecule has 1 aromatic heterocycles. The van der Waals surface area contributed by atoms with Crippen molar-refractivity contribution in [3.05, 3.63) is 21.4 Å². The van der Waals surface area contributed by atoms with Gasteiger partial charge in [0.2, 0.25) is 0 Å². The molecule has 1 aliphatic rings. The van der Waals surface area contributed by atoms with Crippen molar-refractivity contribution in [3.8, 4) is 0 Å². The van der Waals surface area contributed by atoms with E-state index in [0.29, 0.717) is 6.61 Å². The van der Waals surface area contributed by atoms with Gasteiger partial charge in [-0.3, -0.25) is 4.79 Å². The van der Waals surface area contributed by atoms with E-state index in [9.17, 15) is 4.79 Å². The number of thiophene rings is 1. The van der Waals surface area contributed by atoms with E-state index in [1.165, 1.54) is 4.88 Å². The van der Waals surface area contributed by atoms with Crippen LogP contribution in [0.1, 0.15) is 33.5 Å². The van der Waals surface area contributed by atoms with Crippen LogP contribution in [0, 0.1) is 19.8 Å². The highest BCUT2D eigenvalue weighted by Crippen LogP contribution is 2.28. The summed E-state index contributed by atoms with van der Waals surface area (Å²) < 4.78 is 5.44. The van der Waals surface area contributed by atoms with Crippen LogP contribution in [0.25, 0.3) is 0 Å².